The number of rotatable bonds is 3. The maximum atomic E-state index is 8.67. The van der Waals surface area contributed by atoms with E-state index in [4.69, 9.17) is 5.26 Å². The van der Waals surface area contributed by atoms with Crippen LogP contribution in [0.5, 0.6) is 0 Å². The molecule has 30 heavy (non-hydrogen) atoms. The van der Waals surface area contributed by atoms with Crippen molar-refractivity contribution >= 4 is 0 Å². The van der Waals surface area contributed by atoms with Crippen molar-refractivity contribution in [3.63, 3.8) is 0 Å². The Morgan fingerprint density at radius 2 is 1.07 bits per heavy atom. The van der Waals surface area contributed by atoms with E-state index in [2.05, 4.69) is 73.7 Å². The third kappa shape index (κ3) is 7.37. The van der Waals surface area contributed by atoms with Crippen LogP contribution in [-0.4, -0.2) is 0 Å². The van der Waals surface area contributed by atoms with Crippen molar-refractivity contribution in [2.45, 2.75) is 20.8 Å². The van der Waals surface area contributed by atoms with Crippen LogP contribution in [0.3, 0.4) is 0 Å². The maximum Gasteiger partial charge on any atom is 0.0991 e. The van der Waals surface area contributed by atoms with Crippen molar-refractivity contribution in [1.29, 1.82) is 5.26 Å². The van der Waals surface area contributed by atoms with Gasteiger partial charge in [-0.25, -0.2) is 0 Å². The maximum absolute atomic E-state index is 8.67. The smallest absolute Gasteiger partial charge is 0.0991 e. The van der Waals surface area contributed by atoms with Crippen LogP contribution in [0.2, 0.25) is 0 Å². The second-order valence-electron chi connectivity index (χ2n) is 6.70. The zero-order valence-electron chi connectivity index (χ0n) is 16.5. The van der Waals surface area contributed by atoms with Crippen LogP contribution in [0.1, 0.15) is 29.7 Å². The van der Waals surface area contributed by atoms with Gasteiger partial charge in [0, 0.05) is 0 Å². The number of halogens is 1. The lowest BCUT2D eigenvalue weighted by Gasteiger charge is -2.01. The number of hydrogen-bond donors (Lipinski definition) is 0. The van der Waals surface area contributed by atoms with E-state index in [9.17, 15) is 0 Å². The van der Waals surface area contributed by atoms with Crippen LogP contribution in [0.25, 0.3) is 11.1 Å². The van der Waals surface area contributed by atoms with Crippen molar-refractivity contribution in [3.05, 3.63) is 131 Å². The van der Waals surface area contributed by atoms with Gasteiger partial charge in [-0.15, -0.1) is 0 Å². The van der Waals surface area contributed by atoms with E-state index in [0.29, 0.717) is 5.56 Å². The molecule has 0 unspecified atom stereocenters. The molecule has 4 aromatic carbocycles. The van der Waals surface area contributed by atoms with Crippen molar-refractivity contribution in [2.24, 2.45) is 0 Å². The molecule has 0 aliphatic heterocycles. The van der Waals surface area contributed by atoms with Gasteiger partial charge < -0.3 is 0 Å². The van der Waals surface area contributed by atoms with Gasteiger partial charge in [-0.2, -0.15) is 5.26 Å². The Labute approximate surface area is 179 Å². The summed E-state index contributed by atoms with van der Waals surface area (Å²) in [6, 6.07) is 39.2. The molecule has 0 atom stereocenters. The van der Waals surface area contributed by atoms with Gasteiger partial charge in [0.05, 0.1) is 11.6 Å². The lowest BCUT2D eigenvalue weighted by molar-refractivity contribution is 1.11. The molecule has 0 aliphatic rings. The summed E-state index contributed by atoms with van der Waals surface area (Å²) in [6.07, 6.45) is 0.923. The first-order chi connectivity index (χ1) is 13.7. The Bertz CT molecular complexity index is 1020. The van der Waals surface area contributed by atoms with Gasteiger partial charge in [0.1, 0.15) is 0 Å². The molecule has 4 rings (SSSR count). The number of benzene rings is 4. The fraction of sp³-hybridized carbons (Fsp3) is 0.107. The normalized spacial score (nSPS) is 9.07. The lowest BCUT2D eigenvalue weighted by atomic mass is 10.0. The molecule has 2 heteroatoms. The first-order valence-electron chi connectivity index (χ1n) is 9.39. The molecule has 0 aliphatic carbocycles. The van der Waals surface area contributed by atoms with E-state index in [0.717, 1.165) is 6.42 Å². The summed E-state index contributed by atoms with van der Waals surface area (Å²) in [5.74, 6) is 0. The first kappa shape index (κ1) is 24.3. The van der Waals surface area contributed by atoms with Crippen molar-refractivity contribution < 1.29 is 4.70 Å². The highest BCUT2D eigenvalue weighted by molar-refractivity contribution is 5.63. The Hall–Kier alpha value is -3.70. The minimum absolute atomic E-state index is 0. The number of nitriles is 1. The zero-order valence-corrected chi connectivity index (χ0v) is 16.5. The third-order valence-corrected chi connectivity index (χ3v) is 4.49. The van der Waals surface area contributed by atoms with Gasteiger partial charge in [0.15, 0.2) is 0 Å². The monoisotopic (exact) mass is 397 g/mol. The Morgan fingerprint density at radius 3 is 1.60 bits per heavy atom. The topological polar surface area (TPSA) is 23.8 Å². The van der Waals surface area contributed by atoms with E-state index in [1.807, 2.05) is 48.5 Å². The molecular formula is C28H28FN. The molecule has 152 valence electrons. The Kier molecular flexibility index (Phi) is 10.3. The third-order valence-electron chi connectivity index (χ3n) is 4.49. The van der Waals surface area contributed by atoms with Gasteiger partial charge in [-0.3, -0.25) is 4.70 Å². The fourth-order valence-corrected chi connectivity index (χ4v) is 2.91. The second kappa shape index (κ2) is 12.7. The molecule has 1 nitrogen and oxygen atoms in total. The molecule has 0 radical (unpaired) electrons. The minimum atomic E-state index is 0. The predicted octanol–water partition coefficient (Wildman–Crippen LogP) is 7.60. The summed E-state index contributed by atoms with van der Waals surface area (Å²) in [4.78, 5) is 0. The van der Waals surface area contributed by atoms with Crippen LogP contribution in [0, 0.1) is 18.3 Å². The van der Waals surface area contributed by atoms with Crippen molar-refractivity contribution in [1.82, 2.24) is 0 Å². The highest BCUT2D eigenvalue weighted by atomic mass is 19.0. The zero-order chi connectivity index (χ0) is 19.6. The van der Waals surface area contributed by atoms with Crippen LogP contribution < -0.4 is 0 Å². The predicted molar refractivity (Wildman–Crippen MR) is 126 cm³/mol. The molecule has 0 amide bonds. The molecule has 0 spiro atoms. The molecule has 0 aromatic heterocycles. The summed E-state index contributed by atoms with van der Waals surface area (Å²) in [5.41, 5.74) is 7.11. The van der Waals surface area contributed by atoms with Crippen LogP contribution >= 0.6 is 0 Å². The van der Waals surface area contributed by atoms with E-state index < -0.39 is 0 Å². The summed E-state index contributed by atoms with van der Waals surface area (Å²) < 4.78 is 0. The second-order valence-corrected chi connectivity index (χ2v) is 6.70. The number of nitrogens with zero attached hydrogens (tertiary/aromatic N) is 1. The van der Waals surface area contributed by atoms with Crippen molar-refractivity contribution in [3.8, 4) is 17.2 Å². The Balaban J connectivity index is 0.000000284. The van der Waals surface area contributed by atoms with Crippen molar-refractivity contribution in [2.75, 3.05) is 0 Å². The summed E-state index contributed by atoms with van der Waals surface area (Å²) >= 11 is 0. The average Bonchev–Trinajstić information content (AvgIpc) is 2.77. The van der Waals surface area contributed by atoms with E-state index in [1.54, 1.807) is 0 Å². The molecule has 0 saturated carbocycles. The first-order valence-corrected chi connectivity index (χ1v) is 9.39. The van der Waals surface area contributed by atoms with Crippen LogP contribution in [0.4, 0.5) is 4.70 Å². The summed E-state index contributed by atoms with van der Waals surface area (Å²) in [7, 11) is 0. The van der Waals surface area contributed by atoms with E-state index in [-0.39, 0.29) is 12.1 Å². The van der Waals surface area contributed by atoms with Gasteiger partial charge >= 0.3 is 0 Å². The van der Waals surface area contributed by atoms with Crippen LogP contribution in [-0.2, 0) is 6.42 Å². The Morgan fingerprint density at radius 1 is 0.600 bits per heavy atom. The lowest BCUT2D eigenvalue weighted by Crippen LogP contribution is -1.87. The fourth-order valence-electron chi connectivity index (χ4n) is 2.91. The molecule has 0 saturated heterocycles. The molecule has 0 bridgehead atoms. The number of hydrogen-bond acceptors (Lipinski definition) is 1. The minimum Gasteiger partial charge on any atom is -0.269 e. The largest absolute Gasteiger partial charge is 0.269 e. The summed E-state index contributed by atoms with van der Waals surface area (Å²) in [5, 5.41) is 8.67. The highest BCUT2D eigenvalue weighted by Gasteiger charge is 1.96. The molecule has 0 fully saturated rings. The van der Waals surface area contributed by atoms with Gasteiger partial charge in [-0.05, 0) is 47.7 Å². The standard InChI is InChI=1S/C14H11N.C13H12.CH4.FH/c15-11-14-8-6-13(7-9-14)10-12-4-2-1-3-5-12;1-11-7-9-13(10-8-11)12-5-3-2-4-6-12;;/h1-9H,10H2;2-10H,1H3;1H4;1H. The van der Waals surface area contributed by atoms with E-state index in [1.165, 1.54) is 27.8 Å². The van der Waals surface area contributed by atoms with Crippen LogP contribution in [0.15, 0.2) is 109 Å². The number of aryl methyl sites for hydroxylation is 1. The average molecular weight is 398 g/mol. The highest BCUT2D eigenvalue weighted by Crippen LogP contribution is 2.18. The van der Waals surface area contributed by atoms with E-state index >= 15 is 0 Å². The van der Waals surface area contributed by atoms with Gasteiger partial charge in [0.25, 0.3) is 0 Å². The summed E-state index contributed by atoms with van der Waals surface area (Å²) in [6.45, 7) is 2.11. The molecule has 4 aromatic rings. The molecule has 0 N–H and O–H groups in total. The SMILES string of the molecule is C.Cc1ccc(-c2ccccc2)cc1.F.N#Cc1ccc(Cc2ccccc2)cc1. The van der Waals surface area contributed by atoms with Gasteiger partial charge in [-0.1, -0.05) is 110 Å². The molecular weight excluding hydrogens is 369 g/mol. The molecule has 0 heterocycles. The quantitative estimate of drug-likeness (QED) is 0.349. The van der Waals surface area contributed by atoms with Gasteiger partial charge in [0.2, 0.25) is 0 Å².